The topological polar surface area (TPSA) is 20.2 Å². The fourth-order valence-electron chi connectivity index (χ4n) is 2.13. The van der Waals surface area contributed by atoms with Crippen LogP contribution in [0, 0.1) is 5.41 Å². The molecule has 0 spiro atoms. The summed E-state index contributed by atoms with van der Waals surface area (Å²) in [7, 11) is 0. The van der Waals surface area contributed by atoms with Crippen LogP contribution >= 0.6 is 0 Å². The third-order valence-corrected chi connectivity index (χ3v) is 2.85. The molecule has 0 aromatic heterocycles. The van der Waals surface area contributed by atoms with Crippen LogP contribution in [0.15, 0.2) is 23.0 Å². The number of hydrogen-bond acceptors (Lipinski definition) is 1. The minimum absolute atomic E-state index is 0.262. The normalized spacial score (nSPS) is 18.8. The van der Waals surface area contributed by atoms with Crippen molar-refractivity contribution in [2.75, 3.05) is 0 Å². The Hall–Kier alpha value is -0.720. The second-order valence-electron chi connectivity index (χ2n) is 5.66. The summed E-state index contributed by atoms with van der Waals surface area (Å²) in [5.74, 6) is 0.588. The quantitative estimate of drug-likeness (QED) is 0.663. The molecule has 0 aromatic carbocycles. The average molecular weight is 208 g/mol. The molecule has 1 heteroatoms. The van der Waals surface area contributed by atoms with E-state index >= 15 is 0 Å². The minimum Gasteiger partial charge on any atom is -0.508 e. The summed E-state index contributed by atoms with van der Waals surface area (Å²) in [6.07, 6.45) is 7.53. The highest BCUT2D eigenvalue weighted by molar-refractivity contribution is 5.32. The van der Waals surface area contributed by atoms with Gasteiger partial charge in [0.2, 0.25) is 0 Å². The highest BCUT2D eigenvalue weighted by atomic mass is 16.3. The van der Waals surface area contributed by atoms with Crippen LogP contribution in [0.2, 0.25) is 0 Å². The van der Waals surface area contributed by atoms with Gasteiger partial charge in [0, 0.05) is 0 Å². The van der Waals surface area contributed by atoms with Gasteiger partial charge in [-0.1, -0.05) is 33.8 Å². The number of aliphatic hydroxyl groups is 1. The molecule has 86 valence electrons. The van der Waals surface area contributed by atoms with Crippen LogP contribution in [-0.4, -0.2) is 5.11 Å². The van der Waals surface area contributed by atoms with E-state index in [4.69, 9.17) is 0 Å². The van der Waals surface area contributed by atoms with Crippen molar-refractivity contribution < 1.29 is 5.11 Å². The van der Waals surface area contributed by atoms with Crippen molar-refractivity contribution in [3.8, 4) is 0 Å². The molecule has 0 saturated carbocycles. The molecule has 0 aromatic rings. The van der Waals surface area contributed by atoms with Gasteiger partial charge in [-0.05, 0) is 48.7 Å². The van der Waals surface area contributed by atoms with Crippen molar-refractivity contribution in [1.29, 1.82) is 0 Å². The summed E-state index contributed by atoms with van der Waals surface area (Å²) in [5.41, 5.74) is 2.66. The molecule has 1 aliphatic rings. The Balaban J connectivity index is 2.82. The highest BCUT2D eigenvalue weighted by Gasteiger charge is 2.18. The first-order chi connectivity index (χ1) is 6.94. The summed E-state index contributed by atoms with van der Waals surface area (Å²) < 4.78 is 0. The summed E-state index contributed by atoms with van der Waals surface area (Å²) in [6, 6.07) is 0. The van der Waals surface area contributed by atoms with Crippen LogP contribution in [0.25, 0.3) is 0 Å². The fraction of sp³-hybridized carbons (Fsp3) is 0.714. The summed E-state index contributed by atoms with van der Waals surface area (Å²) in [4.78, 5) is 0. The number of aliphatic hydroxyl groups excluding tert-OH is 1. The molecule has 1 nitrogen and oxygen atoms in total. The molecule has 1 rings (SSSR count). The second kappa shape index (κ2) is 4.87. The van der Waals surface area contributed by atoms with Gasteiger partial charge in [-0.15, -0.1) is 0 Å². The van der Waals surface area contributed by atoms with E-state index in [1.54, 1.807) is 0 Å². The van der Waals surface area contributed by atoms with Crippen molar-refractivity contribution in [3.05, 3.63) is 23.0 Å². The predicted molar refractivity (Wildman–Crippen MR) is 66.0 cm³/mol. The van der Waals surface area contributed by atoms with Crippen molar-refractivity contribution in [2.24, 2.45) is 5.41 Å². The summed E-state index contributed by atoms with van der Waals surface area (Å²) in [6.45, 7) is 8.80. The maximum Gasteiger partial charge on any atom is 0.117 e. The van der Waals surface area contributed by atoms with E-state index in [0.717, 1.165) is 25.7 Å². The van der Waals surface area contributed by atoms with E-state index in [1.165, 1.54) is 17.6 Å². The van der Waals surface area contributed by atoms with Crippen molar-refractivity contribution in [1.82, 2.24) is 0 Å². The van der Waals surface area contributed by atoms with Gasteiger partial charge in [0.1, 0.15) is 5.76 Å². The Bertz CT molecular complexity index is 276. The summed E-state index contributed by atoms with van der Waals surface area (Å²) >= 11 is 0. The number of rotatable bonds is 3. The van der Waals surface area contributed by atoms with Crippen LogP contribution in [0.1, 0.15) is 59.8 Å². The van der Waals surface area contributed by atoms with E-state index in [0.29, 0.717) is 5.76 Å². The molecule has 0 amide bonds. The van der Waals surface area contributed by atoms with Crippen LogP contribution in [0.3, 0.4) is 0 Å². The van der Waals surface area contributed by atoms with Crippen LogP contribution < -0.4 is 0 Å². The fourth-order valence-corrected chi connectivity index (χ4v) is 2.13. The summed E-state index contributed by atoms with van der Waals surface area (Å²) in [5, 5.41) is 10.2. The Morgan fingerprint density at radius 3 is 2.47 bits per heavy atom. The monoisotopic (exact) mass is 208 g/mol. The molecule has 0 atom stereocenters. The van der Waals surface area contributed by atoms with Crippen LogP contribution in [-0.2, 0) is 0 Å². The molecule has 1 aliphatic carbocycles. The van der Waals surface area contributed by atoms with Crippen molar-refractivity contribution in [3.63, 3.8) is 0 Å². The molecule has 0 radical (unpaired) electrons. The first-order valence-corrected chi connectivity index (χ1v) is 6.04. The molecule has 0 aliphatic heterocycles. The lowest BCUT2D eigenvalue weighted by Crippen LogP contribution is -2.08. The lowest BCUT2D eigenvalue weighted by atomic mass is 9.85. The van der Waals surface area contributed by atoms with Crippen LogP contribution in [0.5, 0.6) is 0 Å². The molecular weight excluding hydrogens is 184 g/mol. The van der Waals surface area contributed by atoms with E-state index in [-0.39, 0.29) is 5.41 Å². The van der Waals surface area contributed by atoms with Gasteiger partial charge in [0.25, 0.3) is 0 Å². The van der Waals surface area contributed by atoms with Crippen molar-refractivity contribution in [2.45, 2.75) is 59.8 Å². The van der Waals surface area contributed by atoms with Gasteiger partial charge in [-0.3, -0.25) is 0 Å². The molecule has 0 fully saturated rings. The zero-order chi connectivity index (χ0) is 11.5. The smallest absolute Gasteiger partial charge is 0.117 e. The van der Waals surface area contributed by atoms with Gasteiger partial charge in [0.05, 0.1) is 0 Å². The third kappa shape index (κ3) is 3.73. The van der Waals surface area contributed by atoms with E-state index in [2.05, 4.69) is 33.8 Å². The maximum atomic E-state index is 10.2. The molecule has 0 heterocycles. The van der Waals surface area contributed by atoms with Gasteiger partial charge in [-0.25, -0.2) is 0 Å². The maximum absolute atomic E-state index is 10.2. The standard InChI is InChI=1S/C14H24O/c1-5-11(10-14(2,3)4)13(15)12-8-6-7-9-12/h8,15H,5-7,9-10H2,1-4H3. The van der Waals surface area contributed by atoms with E-state index in [9.17, 15) is 5.11 Å². The van der Waals surface area contributed by atoms with Gasteiger partial charge >= 0.3 is 0 Å². The first kappa shape index (κ1) is 12.4. The largest absolute Gasteiger partial charge is 0.508 e. The lowest BCUT2D eigenvalue weighted by molar-refractivity contribution is 0.368. The molecular formula is C14H24O. The van der Waals surface area contributed by atoms with E-state index in [1.807, 2.05) is 0 Å². The number of allylic oxidation sites excluding steroid dienone is 3. The SMILES string of the molecule is CCC(CC(C)(C)C)=C(O)C1=CCCC1. The molecule has 1 N–H and O–H groups in total. The molecule has 0 bridgehead atoms. The zero-order valence-electron chi connectivity index (χ0n) is 10.6. The highest BCUT2D eigenvalue weighted by Crippen LogP contribution is 2.32. The van der Waals surface area contributed by atoms with Gasteiger partial charge in [-0.2, -0.15) is 0 Å². The van der Waals surface area contributed by atoms with Crippen LogP contribution in [0.4, 0.5) is 0 Å². The zero-order valence-corrected chi connectivity index (χ0v) is 10.6. The first-order valence-electron chi connectivity index (χ1n) is 6.04. The Morgan fingerprint density at radius 2 is 2.07 bits per heavy atom. The van der Waals surface area contributed by atoms with Gasteiger partial charge < -0.3 is 5.11 Å². The molecule has 15 heavy (non-hydrogen) atoms. The van der Waals surface area contributed by atoms with E-state index < -0.39 is 0 Å². The van der Waals surface area contributed by atoms with Crippen molar-refractivity contribution >= 4 is 0 Å². The molecule has 0 unspecified atom stereocenters. The average Bonchev–Trinajstić information content (AvgIpc) is 2.64. The lowest BCUT2D eigenvalue weighted by Gasteiger charge is -2.21. The molecule has 0 saturated heterocycles. The van der Waals surface area contributed by atoms with Gasteiger partial charge in [0.15, 0.2) is 0 Å². The second-order valence-corrected chi connectivity index (χ2v) is 5.66. The minimum atomic E-state index is 0.262. The number of hydrogen-bond donors (Lipinski definition) is 1. The Labute approximate surface area is 93.9 Å². The Morgan fingerprint density at radius 1 is 1.40 bits per heavy atom. The Kier molecular flexibility index (Phi) is 4.01. The third-order valence-electron chi connectivity index (χ3n) is 2.85. The predicted octanol–water partition coefficient (Wildman–Crippen LogP) is 4.76.